The summed E-state index contributed by atoms with van der Waals surface area (Å²) in [4.78, 5) is 48.3. The van der Waals surface area contributed by atoms with E-state index in [-0.39, 0.29) is 19.3 Å². The van der Waals surface area contributed by atoms with Crippen molar-refractivity contribution in [1.29, 1.82) is 0 Å². The fourth-order valence-corrected chi connectivity index (χ4v) is 6.98. The number of aliphatic hydroxyl groups is 1. The Balaban J connectivity index is 5.00. The summed E-state index contributed by atoms with van der Waals surface area (Å²) in [6, 6.07) is 0. The molecule has 0 aliphatic carbocycles. The van der Waals surface area contributed by atoms with E-state index in [2.05, 4.69) is 142 Å². The van der Waals surface area contributed by atoms with Crippen molar-refractivity contribution in [1.82, 2.24) is 0 Å². The normalized spacial score (nSPS) is 14.7. The number of hydrogen-bond acceptors (Lipinski definition) is 10. The van der Waals surface area contributed by atoms with Gasteiger partial charge in [0.15, 0.2) is 6.10 Å². The van der Waals surface area contributed by atoms with Crippen molar-refractivity contribution in [2.45, 2.75) is 174 Å². The fraction of sp³-hybridized carbons (Fsp3) is 0.500. The first kappa shape index (κ1) is 68.8. The highest BCUT2D eigenvalue weighted by atomic mass is 31.2. The molecule has 0 bridgehead atoms. The number of carbonyl (C=O) groups excluding carboxylic acids is 3. The Hall–Kier alpha value is -5.16. The molecule has 0 aromatic carbocycles. The molecule has 0 saturated heterocycles. The minimum atomic E-state index is -4.81. The molecule has 3 unspecified atom stereocenters. The number of unbranched alkanes of at least 4 members (excludes halogenated alkanes) is 4. The average molecular weight is 1050 g/mol. The number of phosphoric acid groups is 1. The van der Waals surface area contributed by atoms with Crippen molar-refractivity contribution in [3.63, 3.8) is 0 Å². The number of hydrogen-bond donors (Lipinski definition) is 2. The van der Waals surface area contributed by atoms with Gasteiger partial charge in [-0.1, -0.05) is 204 Å². The van der Waals surface area contributed by atoms with E-state index in [1.165, 1.54) is 0 Å². The molecule has 0 aromatic heterocycles. The Bertz CT molecular complexity index is 1890. The van der Waals surface area contributed by atoms with Crippen LogP contribution in [0.2, 0.25) is 0 Å². The molecule has 0 aromatic rings. The third-order valence-electron chi connectivity index (χ3n) is 10.2. The lowest BCUT2D eigenvalue weighted by atomic mass is 10.1. The SMILES string of the molecule is CC/C=C\C/C=C\C/C=C\C/C=C\C/C=C\CC(=O)OCC(COP(=O)(O)OCC(CO)OC(=O)C/C=C\C/C=C\C/C=C\C/C=C\C/C=C\CC)OC(=O)CCCCCC/C=C\C/C=C\C/C=C\C/C=C\CC. The first-order valence-corrected chi connectivity index (χ1v) is 28.5. The molecule has 0 rings (SSSR count). The number of allylic oxidation sites excluding steroid dienone is 26. The first-order chi connectivity index (χ1) is 36.2. The summed E-state index contributed by atoms with van der Waals surface area (Å²) < 4.78 is 39.2. The van der Waals surface area contributed by atoms with E-state index in [1.807, 2.05) is 36.5 Å². The van der Waals surface area contributed by atoms with Gasteiger partial charge in [-0.2, -0.15) is 0 Å². The molecule has 0 radical (unpaired) electrons. The predicted molar refractivity (Wildman–Crippen MR) is 306 cm³/mol. The minimum Gasteiger partial charge on any atom is -0.461 e. The van der Waals surface area contributed by atoms with Gasteiger partial charge in [0.2, 0.25) is 0 Å². The predicted octanol–water partition coefficient (Wildman–Crippen LogP) is 15.9. The lowest BCUT2D eigenvalue weighted by Gasteiger charge is -2.21. The van der Waals surface area contributed by atoms with Crippen molar-refractivity contribution >= 4 is 25.7 Å². The Labute approximate surface area is 447 Å². The van der Waals surface area contributed by atoms with Gasteiger partial charge in [-0.15, -0.1) is 0 Å². The van der Waals surface area contributed by atoms with Crippen LogP contribution in [0.5, 0.6) is 0 Å². The third kappa shape index (κ3) is 51.7. The molecule has 0 spiro atoms. The van der Waals surface area contributed by atoms with Crippen LogP contribution >= 0.6 is 7.82 Å². The second kappa shape index (κ2) is 54.1. The number of carbonyl (C=O) groups is 3. The minimum absolute atomic E-state index is 0.0279. The van der Waals surface area contributed by atoms with Crippen LogP contribution < -0.4 is 0 Å². The van der Waals surface area contributed by atoms with E-state index in [0.717, 1.165) is 103 Å². The van der Waals surface area contributed by atoms with Crippen LogP contribution in [0, 0.1) is 0 Å². The van der Waals surface area contributed by atoms with E-state index in [9.17, 15) is 28.9 Å². The average Bonchev–Trinajstić information content (AvgIpc) is 3.39. The lowest BCUT2D eigenvalue weighted by Crippen LogP contribution is -2.30. The van der Waals surface area contributed by atoms with Gasteiger partial charge in [0.05, 0.1) is 32.7 Å². The highest BCUT2D eigenvalue weighted by Crippen LogP contribution is 2.43. The topological polar surface area (TPSA) is 155 Å². The van der Waals surface area contributed by atoms with Crippen molar-refractivity contribution in [2.24, 2.45) is 0 Å². The van der Waals surface area contributed by atoms with Gasteiger partial charge < -0.3 is 24.2 Å². The van der Waals surface area contributed by atoms with E-state index >= 15 is 0 Å². The van der Waals surface area contributed by atoms with Crippen LogP contribution in [0.1, 0.15) is 162 Å². The maximum atomic E-state index is 12.9. The second-order valence-corrected chi connectivity index (χ2v) is 18.4. The molecule has 0 aliphatic rings. The summed E-state index contributed by atoms with van der Waals surface area (Å²) in [5, 5.41) is 9.78. The highest BCUT2D eigenvalue weighted by Gasteiger charge is 2.28. The lowest BCUT2D eigenvalue weighted by molar-refractivity contribution is -0.161. The molecular formula is C62H93O11P. The van der Waals surface area contributed by atoms with Gasteiger partial charge in [0.25, 0.3) is 0 Å². The van der Waals surface area contributed by atoms with Crippen LogP contribution in [0.25, 0.3) is 0 Å². The van der Waals surface area contributed by atoms with Gasteiger partial charge in [-0.05, 0) is 109 Å². The standard InChI is InChI=1S/C62H93O11P/c1-4-7-10-13-16-19-22-25-28-29-32-35-38-41-44-47-50-53-62(66)73-59(55-69-60(64)51-48-45-42-39-36-33-30-26-23-20-17-14-11-8-5-2)57-71-74(67,68)70-56-58(54-63)72-61(65)52-49-46-43-40-37-34-31-27-24-21-18-15-12-9-6-3/h7-12,16-21,25-28,30-32,35-37,39-40,45-46,48-49,58-59,63H,4-6,13-15,22-24,29,33-34,38,41-44,47,50-57H2,1-3H3,(H,67,68)/b10-7-,11-8-,12-9-,19-16-,20-17-,21-18-,28-25-,30-26-,31-27-,35-32-,39-36-,40-37-,48-45-,49-46-. The maximum Gasteiger partial charge on any atom is 0.472 e. The molecule has 2 N–H and O–H groups in total. The summed E-state index contributed by atoms with van der Waals surface area (Å²) in [5.74, 6) is -1.81. The number of aliphatic hydroxyl groups excluding tert-OH is 1. The zero-order valence-electron chi connectivity index (χ0n) is 45.2. The molecule has 3 atom stereocenters. The maximum absolute atomic E-state index is 12.9. The molecular weight excluding hydrogens is 952 g/mol. The molecule has 74 heavy (non-hydrogen) atoms. The molecule has 0 fully saturated rings. The zero-order valence-corrected chi connectivity index (χ0v) is 46.1. The van der Waals surface area contributed by atoms with Crippen molar-refractivity contribution < 1.29 is 52.2 Å². The monoisotopic (exact) mass is 1040 g/mol. The molecule has 0 saturated carbocycles. The third-order valence-corrected chi connectivity index (χ3v) is 11.1. The Morgan fingerprint density at radius 3 is 1.11 bits per heavy atom. The van der Waals surface area contributed by atoms with Gasteiger partial charge in [0.1, 0.15) is 12.7 Å². The molecule has 0 amide bonds. The zero-order chi connectivity index (χ0) is 54.1. The fourth-order valence-electron chi connectivity index (χ4n) is 6.20. The Morgan fingerprint density at radius 2 is 0.716 bits per heavy atom. The summed E-state index contributed by atoms with van der Waals surface area (Å²) >= 11 is 0. The summed E-state index contributed by atoms with van der Waals surface area (Å²) in [6.07, 6.45) is 72.3. The van der Waals surface area contributed by atoms with E-state index in [1.54, 1.807) is 12.2 Å². The molecule has 0 heterocycles. The van der Waals surface area contributed by atoms with Crippen molar-refractivity contribution in [2.75, 3.05) is 26.4 Å². The molecule has 12 heteroatoms. The summed E-state index contributed by atoms with van der Waals surface area (Å²) in [6.45, 7) is 4.00. The van der Waals surface area contributed by atoms with E-state index in [4.69, 9.17) is 23.3 Å². The largest absolute Gasteiger partial charge is 0.472 e. The van der Waals surface area contributed by atoms with Crippen molar-refractivity contribution in [3.8, 4) is 0 Å². The number of esters is 3. The number of rotatable bonds is 47. The molecule has 0 aliphatic heterocycles. The van der Waals surface area contributed by atoms with Gasteiger partial charge >= 0.3 is 25.7 Å². The van der Waals surface area contributed by atoms with E-state index in [0.29, 0.717) is 19.3 Å². The Kier molecular flexibility index (Phi) is 50.3. The highest BCUT2D eigenvalue weighted by molar-refractivity contribution is 7.47. The van der Waals surface area contributed by atoms with Crippen LogP contribution in [-0.2, 0) is 42.2 Å². The van der Waals surface area contributed by atoms with Crippen molar-refractivity contribution in [3.05, 3.63) is 170 Å². The van der Waals surface area contributed by atoms with Gasteiger partial charge in [-0.25, -0.2) is 4.57 Å². The number of ether oxygens (including phenoxy) is 3. The van der Waals surface area contributed by atoms with Crippen LogP contribution in [0.3, 0.4) is 0 Å². The van der Waals surface area contributed by atoms with Crippen LogP contribution in [0.15, 0.2) is 170 Å². The summed E-state index contributed by atoms with van der Waals surface area (Å²) in [5.41, 5.74) is 0. The van der Waals surface area contributed by atoms with Crippen LogP contribution in [0.4, 0.5) is 0 Å². The van der Waals surface area contributed by atoms with Gasteiger partial charge in [-0.3, -0.25) is 23.4 Å². The van der Waals surface area contributed by atoms with Gasteiger partial charge in [0, 0.05) is 6.42 Å². The van der Waals surface area contributed by atoms with Crippen LogP contribution in [-0.4, -0.2) is 66.5 Å². The first-order valence-electron chi connectivity index (χ1n) is 27.0. The Morgan fingerprint density at radius 1 is 0.392 bits per heavy atom. The molecule has 412 valence electrons. The number of phosphoric ester groups is 1. The smallest absolute Gasteiger partial charge is 0.461 e. The van der Waals surface area contributed by atoms with E-state index < -0.39 is 64.4 Å². The molecule has 11 nitrogen and oxygen atoms in total. The quantitative estimate of drug-likeness (QED) is 0.0197. The summed E-state index contributed by atoms with van der Waals surface area (Å²) in [7, 11) is -4.81. The second-order valence-electron chi connectivity index (χ2n) is 16.9.